The van der Waals surface area contributed by atoms with Crippen LogP contribution in [-0.4, -0.2) is 0 Å². The molecular formula is C50H58. The summed E-state index contributed by atoms with van der Waals surface area (Å²) in [7, 11) is 0. The molecule has 0 saturated heterocycles. The molecule has 0 heteroatoms. The number of fused-ring (bicyclic) bond motifs is 6. The zero-order chi connectivity index (χ0) is 33.2. The van der Waals surface area contributed by atoms with Crippen LogP contribution in [-0.2, 0) is 6.42 Å². The van der Waals surface area contributed by atoms with E-state index in [2.05, 4.69) is 67.6 Å². The van der Waals surface area contributed by atoms with Crippen LogP contribution in [0.3, 0.4) is 0 Å². The largest absolute Gasteiger partial charge is 0.0610 e. The van der Waals surface area contributed by atoms with Gasteiger partial charge in [-0.1, -0.05) is 151 Å². The first kappa shape index (κ1) is 31.6. The molecule has 0 aromatic heterocycles. The smallest absolute Gasteiger partial charge is 0.00262 e. The van der Waals surface area contributed by atoms with Gasteiger partial charge in [0.25, 0.3) is 0 Å². The molecule has 0 nitrogen and oxygen atoms in total. The second-order valence-electron chi connectivity index (χ2n) is 17.7. The summed E-state index contributed by atoms with van der Waals surface area (Å²) in [6, 6.07) is 25.1. The van der Waals surface area contributed by atoms with Crippen LogP contribution in [0.2, 0.25) is 0 Å². The van der Waals surface area contributed by atoms with Crippen molar-refractivity contribution in [1.82, 2.24) is 0 Å². The minimum absolute atomic E-state index is 0.635. The van der Waals surface area contributed by atoms with Gasteiger partial charge in [0.05, 0.1) is 0 Å². The lowest BCUT2D eigenvalue weighted by molar-refractivity contribution is 0.316. The Morgan fingerprint density at radius 2 is 1.04 bits per heavy atom. The van der Waals surface area contributed by atoms with Gasteiger partial charge in [-0.05, 0) is 151 Å². The second-order valence-corrected chi connectivity index (χ2v) is 17.7. The van der Waals surface area contributed by atoms with E-state index < -0.39 is 0 Å². The molecule has 5 aromatic rings. The predicted octanol–water partition coefficient (Wildman–Crippen LogP) is 15.3. The van der Waals surface area contributed by atoms with E-state index in [1.165, 1.54) is 145 Å². The van der Waals surface area contributed by atoms with Gasteiger partial charge in [-0.25, -0.2) is 0 Å². The molecule has 0 aliphatic heterocycles. The molecule has 0 N–H and O–H groups in total. The van der Waals surface area contributed by atoms with Crippen LogP contribution in [0.25, 0.3) is 54.6 Å². The van der Waals surface area contributed by atoms with Gasteiger partial charge in [0.15, 0.2) is 0 Å². The molecule has 1 atom stereocenters. The van der Waals surface area contributed by atoms with Gasteiger partial charge in [-0.3, -0.25) is 0 Å². The van der Waals surface area contributed by atoms with Gasteiger partial charge in [-0.15, -0.1) is 0 Å². The first-order chi connectivity index (χ1) is 24.8. The SMILES string of the molecule is CC(c1c(CC2CCCC2)ccc2c1ccc1c(C3CCCCC3)c3c(c(C4CCCCC4)c12)-c1cccc2cccc-3c12)C1CCCCC1. The lowest BCUT2D eigenvalue weighted by Gasteiger charge is -2.33. The quantitative estimate of drug-likeness (QED) is 0.156. The molecule has 0 heterocycles. The lowest BCUT2D eigenvalue weighted by Crippen LogP contribution is -2.17. The maximum absolute atomic E-state index is 2.69. The van der Waals surface area contributed by atoms with Gasteiger partial charge in [0.1, 0.15) is 0 Å². The lowest BCUT2D eigenvalue weighted by atomic mass is 9.71. The van der Waals surface area contributed by atoms with Crippen molar-refractivity contribution in [3.8, 4) is 22.3 Å². The summed E-state index contributed by atoms with van der Waals surface area (Å²) in [6.07, 6.45) is 27.9. The zero-order valence-electron chi connectivity index (χ0n) is 30.8. The maximum atomic E-state index is 2.69. The van der Waals surface area contributed by atoms with Gasteiger partial charge in [0.2, 0.25) is 0 Å². The van der Waals surface area contributed by atoms with Crippen molar-refractivity contribution in [3.05, 3.63) is 82.9 Å². The standard InChI is InChI=1S/C50H58/c1-32(34-17-5-2-6-18-34)44-38(31-33-15-11-12-16-33)27-28-40-39(44)29-30-43-46(36-19-7-3-8-20-36)49-41-25-13-23-35-24-14-26-42(45(35)41)50(49)47(48(40)43)37-21-9-4-10-22-37/h13-14,23-30,32-34,36-37H,2-12,15-22,31H2,1H3. The summed E-state index contributed by atoms with van der Waals surface area (Å²) in [4.78, 5) is 0. The number of rotatable bonds is 6. The molecule has 0 spiro atoms. The fraction of sp³-hybridized carbons (Fsp3) is 0.520. The number of hydrogen-bond acceptors (Lipinski definition) is 0. The Balaban J connectivity index is 1.31. The van der Waals surface area contributed by atoms with Crippen molar-refractivity contribution >= 4 is 32.3 Å². The highest BCUT2D eigenvalue weighted by Gasteiger charge is 2.36. The van der Waals surface area contributed by atoms with Crippen molar-refractivity contribution in [3.63, 3.8) is 0 Å². The molecule has 258 valence electrons. The van der Waals surface area contributed by atoms with Crippen LogP contribution < -0.4 is 0 Å². The Labute approximate surface area is 301 Å². The Bertz CT molecular complexity index is 2050. The summed E-state index contributed by atoms with van der Waals surface area (Å²) in [5.41, 5.74) is 13.3. The van der Waals surface area contributed by atoms with Gasteiger partial charge in [0, 0.05) is 0 Å². The van der Waals surface area contributed by atoms with Crippen LogP contribution in [0.1, 0.15) is 169 Å². The van der Waals surface area contributed by atoms with Crippen LogP contribution >= 0.6 is 0 Å². The van der Waals surface area contributed by atoms with Crippen LogP contribution in [0, 0.1) is 11.8 Å². The number of hydrogen-bond donors (Lipinski definition) is 0. The normalized spacial score (nSPS) is 21.5. The second kappa shape index (κ2) is 13.1. The molecule has 4 fully saturated rings. The summed E-state index contributed by atoms with van der Waals surface area (Å²) in [6.45, 7) is 2.64. The topological polar surface area (TPSA) is 0 Å². The van der Waals surface area contributed by atoms with Crippen LogP contribution in [0.5, 0.6) is 0 Å². The Hall–Kier alpha value is -3.12. The Morgan fingerprint density at radius 1 is 0.500 bits per heavy atom. The monoisotopic (exact) mass is 658 g/mol. The molecule has 5 aromatic carbocycles. The highest BCUT2D eigenvalue weighted by Crippen LogP contribution is 2.59. The van der Waals surface area contributed by atoms with E-state index in [9.17, 15) is 0 Å². The molecule has 4 saturated carbocycles. The summed E-state index contributed by atoms with van der Waals surface area (Å²) >= 11 is 0. The van der Waals surface area contributed by atoms with E-state index >= 15 is 0 Å². The van der Waals surface area contributed by atoms with E-state index in [-0.39, 0.29) is 0 Å². The highest BCUT2D eigenvalue weighted by atomic mass is 14.4. The third kappa shape index (κ3) is 5.12. The van der Waals surface area contributed by atoms with Crippen molar-refractivity contribution < 1.29 is 0 Å². The first-order valence-corrected chi connectivity index (χ1v) is 21.4. The van der Waals surface area contributed by atoms with Gasteiger partial charge >= 0.3 is 0 Å². The molecule has 0 amide bonds. The predicted molar refractivity (Wildman–Crippen MR) is 216 cm³/mol. The van der Waals surface area contributed by atoms with E-state index in [0.717, 1.165) is 11.8 Å². The minimum Gasteiger partial charge on any atom is -0.0610 e. The van der Waals surface area contributed by atoms with Crippen molar-refractivity contribution in [2.24, 2.45) is 11.8 Å². The minimum atomic E-state index is 0.635. The fourth-order valence-electron chi connectivity index (χ4n) is 12.6. The molecule has 5 aliphatic carbocycles. The van der Waals surface area contributed by atoms with E-state index in [0.29, 0.717) is 17.8 Å². The number of benzene rings is 5. The van der Waals surface area contributed by atoms with Gasteiger partial charge < -0.3 is 0 Å². The van der Waals surface area contributed by atoms with Gasteiger partial charge in [-0.2, -0.15) is 0 Å². The molecule has 10 rings (SSSR count). The molecule has 0 bridgehead atoms. The highest BCUT2D eigenvalue weighted by molar-refractivity contribution is 6.23. The van der Waals surface area contributed by atoms with E-state index in [1.807, 2.05) is 0 Å². The molecule has 5 aliphatic rings. The average Bonchev–Trinajstić information content (AvgIpc) is 3.82. The molecule has 1 unspecified atom stereocenters. The summed E-state index contributed by atoms with van der Waals surface area (Å²) in [5.74, 6) is 3.65. The Kier molecular flexibility index (Phi) is 8.30. The third-order valence-corrected chi connectivity index (χ3v) is 14.9. The van der Waals surface area contributed by atoms with Crippen LogP contribution in [0.15, 0.2) is 60.7 Å². The molecular weight excluding hydrogens is 601 g/mol. The van der Waals surface area contributed by atoms with E-state index in [1.54, 1.807) is 60.5 Å². The fourth-order valence-corrected chi connectivity index (χ4v) is 12.6. The van der Waals surface area contributed by atoms with Crippen LogP contribution in [0.4, 0.5) is 0 Å². The maximum Gasteiger partial charge on any atom is -0.00262 e. The Morgan fingerprint density at radius 3 is 1.70 bits per heavy atom. The molecule has 0 radical (unpaired) electrons. The van der Waals surface area contributed by atoms with Crippen molar-refractivity contribution in [2.45, 2.75) is 153 Å². The summed E-state index contributed by atoms with van der Waals surface area (Å²) < 4.78 is 0. The third-order valence-electron chi connectivity index (χ3n) is 14.9. The zero-order valence-corrected chi connectivity index (χ0v) is 30.8. The van der Waals surface area contributed by atoms with E-state index in [4.69, 9.17) is 0 Å². The average molecular weight is 659 g/mol. The first-order valence-electron chi connectivity index (χ1n) is 21.4. The van der Waals surface area contributed by atoms with Crippen molar-refractivity contribution in [2.75, 3.05) is 0 Å². The van der Waals surface area contributed by atoms with Crippen molar-refractivity contribution in [1.29, 1.82) is 0 Å². The summed E-state index contributed by atoms with van der Waals surface area (Å²) in [5, 5.41) is 9.46. The molecule has 50 heavy (non-hydrogen) atoms.